The summed E-state index contributed by atoms with van der Waals surface area (Å²) in [5.74, 6) is 0.420. The molecular formula is C16H15FN2O. The summed E-state index contributed by atoms with van der Waals surface area (Å²) in [5, 5.41) is 12.1. The van der Waals surface area contributed by atoms with Gasteiger partial charge in [-0.2, -0.15) is 5.26 Å². The Morgan fingerprint density at radius 2 is 1.95 bits per heavy atom. The van der Waals surface area contributed by atoms with Crippen molar-refractivity contribution in [1.29, 1.82) is 5.26 Å². The van der Waals surface area contributed by atoms with Crippen LogP contribution in [-0.2, 0) is 6.54 Å². The summed E-state index contributed by atoms with van der Waals surface area (Å²) >= 11 is 0. The molecule has 1 N–H and O–H groups in total. The van der Waals surface area contributed by atoms with Gasteiger partial charge >= 0.3 is 0 Å². The van der Waals surface area contributed by atoms with Crippen LogP contribution in [0.2, 0.25) is 0 Å². The molecule has 0 bridgehead atoms. The Morgan fingerprint density at radius 1 is 1.20 bits per heavy atom. The van der Waals surface area contributed by atoms with E-state index in [4.69, 9.17) is 10.00 Å². The summed E-state index contributed by atoms with van der Waals surface area (Å²) < 4.78 is 18.4. The minimum absolute atomic E-state index is 0.302. The van der Waals surface area contributed by atoms with Gasteiger partial charge in [0, 0.05) is 6.54 Å². The summed E-state index contributed by atoms with van der Waals surface area (Å²) in [6.45, 7) is 3.14. The topological polar surface area (TPSA) is 45.0 Å². The monoisotopic (exact) mass is 270 g/mol. The molecule has 2 aromatic carbocycles. The molecule has 0 unspecified atom stereocenters. The number of hydrogen-bond acceptors (Lipinski definition) is 3. The molecule has 0 amide bonds. The molecule has 0 aliphatic heterocycles. The van der Waals surface area contributed by atoms with Crippen molar-refractivity contribution in [2.75, 3.05) is 11.9 Å². The molecule has 0 heterocycles. The molecule has 0 atom stereocenters. The first-order valence-corrected chi connectivity index (χ1v) is 6.38. The van der Waals surface area contributed by atoms with Crippen molar-refractivity contribution in [3.05, 3.63) is 59.4 Å². The normalized spacial score (nSPS) is 9.85. The number of nitrogens with zero attached hydrogens (tertiary/aromatic N) is 1. The summed E-state index contributed by atoms with van der Waals surface area (Å²) in [4.78, 5) is 0. The van der Waals surface area contributed by atoms with E-state index in [1.54, 1.807) is 6.07 Å². The van der Waals surface area contributed by atoms with Gasteiger partial charge in [-0.15, -0.1) is 0 Å². The van der Waals surface area contributed by atoms with Crippen molar-refractivity contribution in [2.45, 2.75) is 13.5 Å². The highest BCUT2D eigenvalue weighted by Gasteiger charge is 2.03. The molecular weight excluding hydrogens is 255 g/mol. The zero-order valence-corrected chi connectivity index (χ0v) is 11.2. The minimum Gasteiger partial charge on any atom is -0.494 e. The lowest BCUT2D eigenvalue weighted by Gasteiger charge is -2.09. The average Bonchev–Trinajstić information content (AvgIpc) is 2.47. The predicted octanol–water partition coefficient (Wildman–Crippen LogP) is 3.71. The third-order valence-corrected chi connectivity index (χ3v) is 2.82. The van der Waals surface area contributed by atoms with Crippen LogP contribution in [-0.4, -0.2) is 6.61 Å². The molecule has 3 nitrogen and oxygen atoms in total. The van der Waals surface area contributed by atoms with Gasteiger partial charge < -0.3 is 10.1 Å². The maximum Gasteiger partial charge on any atom is 0.124 e. The second-order valence-corrected chi connectivity index (χ2v) is 4.23. The molecule has 0 aromatic heterocycles. The summed E-state index contributed by atoms with van der Waals surface area (Å²) in [5.41, 5.74) is 1.99. The maximum absolute atomic E-state index is 13.0. The van der Waals surface area contributed by atoms with Crippen molar-refractivity contribution in [3.63, 3.8) is 0 Å². The van der Waals surface area contributed by atoms with Gasteiger partial charge in [0.2, 0.25) is 0 Å². The van der Waals surface area contributed by atoms with E-state index in [1.165, 1.54) is 12.1 Å². The molecule has 2 aromatic rings. The second kappa shape index (κ2) is 6.58. The van der Waals surface area contributed by atoms with E-state index in [1.807, 2.05) is 37.3 Å². The number of hydrogen-bond donors (Lipinski definition) is 1. The SMILES string of the molecule is CCOc1ccc(CNc2ccc(F)cc2C#N)cc1. The van der Waals surface area contributed by atoms with E-state index in [0.29, 0.717) is 24.4 Å². The zero-order valence-electron chi connectivity index (χ0n) is 11.2. The van der Waals surface area contributed by atoms with Gasteiger partial charge in [-0.3, -0.25) is 0 Å². The molecule has 0 aliphatic rings. The van der Waals surface area contributed by atoms with Crippen LogP contribution in [0.4, 0.5) is 10.1 Å². The van der Waals surface area contributed by atoms with Crippen LogP contribution < -0.4 is 10.1 Å². The van der Waals surface area contributed by atoms with Crippen LogP contribution in [0.1, 0.15) is 18.1 Å². The summed E-state index contributed by atoms with van der Waals surface area (Å²) in [6, 6.07) is 13.8. The van der Waals surface area contributed by atoms with Crippen molar-refractivity contribution in [2.24, 2.45) is 0 Å². The number of nitrogens with one attached hydrogen (secondary N) is 1. The van der Waals surface area contributed by atoms with E-state index in [-0.39, 0.29) is 0 Å². The largest absolute Gasteiger partial charge is 0.494 e. The highest BCUT2D eigenvalue weighted by Crippen LogP contribution is 2.18. The van der Waals surface area contributed by atoms with E-state index in [2.05, 4.69) is 5.32 Å². The van der Waals surface area contributed by atoms with E-state index < -0.39 is 5.82 Å². The third-order valence-electron chi connectivity index (χ3n) is 2.82. The maximum atomic E-state index is 13.0. The van der Waals surface area contributed by atoms with E-state index >= 15 is 0 Å². The lowest BCUT2D eigenvalue weighted by atomic mass is 10.1. The Hall–Kier alpha value is -2.54. The smallest absolute Gasteiger partial charge is 0.124 e. The molecule has 102 valence electrons. The Labute approximate surface area is 117 Å². The molecule has 0 aliphatic carbocycles. The Bertz CT molecular complexity index is 617. The number of nitriles is 1. The fourth-order valence-electron chi connectivity index (χ4n) is 1.83. The number of anilines is 1. The number of rotatable bonds is 5. The standard InChI is InChI=1S/C16H15FN2O/c1-2-20-15-6-3-12(4-7-15)11-19-16-8-5-14(17)9-13(16)10-18/h3-9,19H,2,11H2,1H3. The van der Waals surface area contributed by atoms with Gasteiger partial charge in [0.15, 0.2) is 0 Å². The minimum atomic E-state index is -0.409. The van der Waals surface area contributed by atoms with Gasteiger partial charge in [0.25, 0.3) is 0 Å². The molecule has 0 fully saturated rings. The van der Waals surface area contributed by atoms with Crippen LogP contribution >= 0.6 is 0 Å². The van der Waals surface area contributed by atoms with Crippen LogP contribution in [0.25, 0.3) is 0 Å². The molecule has 20 heavy (non-hydrogen) atoms. The first-order chi connectivity index (χ1) is 9.72. The molecule has 4 heteroatoms. The van der Waals surface area contributed by atoms with Crippen molar-refractivity contribution in [3.8, 4) is 11.8 Å². The molecule has 2 rings (SSSR count). The lowest BCUT2D eigenvalue weighted by Crippen LogP contribution is -2.01. The predicted molar refractivity (Wildman–Crippen MR) is 76.1 cm³/mol. The van der Waals surface area contributed by atoms with Gasteiger partial charge in [-0.05, 0) is 42.8 Å². The molecule has 0 saturated carbocycles. The quantitative estimate of drug-likeness (QED) is 0.900. The number of ether oxygens (including phenoxy) is 1. The van der Waals surface area contributed by atoms with E-state index in [9.17, 15) is 4.39 Å². The summed E-state index contributed by atoms with van der Waals surface area (Å²) in [6.07, 6.45) is 0. The summed E-state index contributed by atoms with van der Waals surface area (Å²) in [7, 11) is 0. The Balaban J connectivity index is 2.03. The van der Waals surface area contributed by atoms with Gasteiger partial charge in [0.05, 0.1) is 17.9 Å². The first-order valence-electron chi connectivity index (χ1n) is 6.38. The van der Waals surface area contributed by atoms with Crippen molar-refractivity contribution >= 4 is 5.69 Å². The van der Waals surface area contributed by atoms with Gasteiger partial charge in [-0.1, -0.05) is 12.1 Å². The van der Waals surface area contributed by atoms with Crippen molar-refractivity contribution < 1.29 is 9.13 Å². The zero-order chi connectivity index (χ0) is 14.4. The first kappa shape index (κ1) is 13.9. The van der Waals surface area contributed by atoms with Crippen LogP contribution in [0.5, 0.6) is 5.75 Å². The fraction of sp³-hybridized carbons (Fsp3) is 0.188. The Morgan fingerprint density at radius 3 is 2.60 bits per heavy atom. The lowest BCUT2D eigenvalue weighted by molar-refractivity contribution is 0.340. The fourth-order valence-corrected chi connectivity index (χ4v) is 1.83. The molecule has 0 spiro atoms. The second-order valence-electron chi connectivity index (χ2n) is 4.23. The molecule has 0 saturated heterocycles. The van der Waals surface area contributed by atoms with Crippen molar-refractivity contribution in [1.82, 2.24) is 0 Å². The number of benzene rings is 2. The highest BCUT2D eigenvalue weighted by molar-refractivity contribution is 5.57. The Kier molecular flexibility index (Phi) is 4.56. The van der Waals surface area contributed by atoms with Gasteiger partial charge in [-0.25, -0.2) is 4.39 Å². The average molecular weight is 270 g/mol. The number of halogens is 1. The van der Waals surface area contributed by atoms with Crippen LogP contribution in [0, 0.1) is 17.1 Å². The van der Waals surface area contributed by atoms with Crippen LogP contribution in [0.3, 0.4) is 0 Å². The van der Waals surface area contributed by atoms with Crippen LogP contribution in [0.15, 0.2) is 42.5 Å². The third kappa shape index (κ3) is 3.48. The van der Waals surface area contributed by atoms with Gasteiger partial charge in [0.1, 0.15) is 17.6 Å². The van der Waals surface area contributed by atoms with E-state index in [0.717, 1.165) is 11.3 Å². The highest BCUT2D eigenvalue weighted by atomic mass is 19.1. The molecule has 0 radical (unpaired) electrons.